The Kier molecular flexibility index (Phi) is 14.1. The summed E-state index contributed by atoms with van der Waals surface area (Å²) in [5.74, 6) is 0.744. The fraction of sp³-hybridized carbons (Fsp3) is 0.621. The molecule has 33 heavy (non-hydrogen) atoms. The minimum atomic E-state index is -0.236. The number of rotatable bonds is 17. The van der Waals surface area contributed by atoms with Crippen molar-refractivity contribution in [3.05, 3.63) is 53.4 Å². The molecule has 1 aromatic rings. The number of allylic oxidation sites excluding steroid dienone is 2. The molecule has 0 spiro atoms. The lowest BCUT2D eigenvalue weighted by Crippen LogP contribution is -2.07. The molecule has 0 radical (unpaired) electrons. The van der Waals surface area contributed by atoms with Crippen LogP contribution in [-0.4, -0.2) is 19.2 Å². The van der Waals surface area contributed by atoms with Gasteiger partial charge in [-0.2, -0.15) is 0 Å². The van der Waals surface area contributed by atoms with Crippen molar-refractivity contribution in [2.45, 2.75) is 104 Å². The number of benzene rings is 1. The van der Waals surface area contributed by atoms with Gasteiger partial charge >= 0.3 is 5.97 Å². The molecule has 0 saturated carbocycles. The van der Waals surface area contributed by atoms with E-state index in [1.54, 1.807) is 0 Å². The van der Waals surface area contributed by atoms with Crippen LogP contribution in [0.2, 0.25) is 0 Å². The van der Waals surface area contributed by atoms with Crippen molar-refractivity contribution in [3.8, 4) is 0 Å². The number of hydrogen-bond donors (Lipinski definition) is 1. The van der Waals surface area contributed by atoms with Crippen molar-refractivity contribution in [1.29, 1.82) is 0 Å². The molecule has 1 aromatic carbocycles. The van der Waals surface area contributed by atoms with E-state index in [0.717, 1.165) is 30.7 Å². The van der Waals surface area contributed by atoms with Gasteiger partial charge in [0.25, 0.3) is 0 Å². The highest BCUT2D eigenvalue weighted by Crippen LogP contribution is 2.17. The third-order valence-electron chi connectivity index (χ3n) is 6.18. The maximum absolute atomic E-state index is 12.2. The van der Waals surface area contributed by atoms with E-state index in [2.05, 4.69) is 18.3 Å². The SMILES string of the molecule is CCCCCCCCCCCCCCCOC(=O)c1ccc(NC=C2CC=C(C)OC2)cc1. The molecule has 1 aliphatic rings. The van der Waals surface area contributed by atoms with Gasteiger partial charge in [-0.1, -0.05) is 84.0 Å². The van der Waals surface area contributed by atoms with Crippen LogP contribution in [0.5, 0.6) is 0 Å². The third kappa shape index (κ3) is 12.6. The van der Waals surface area contributed by atoms with E-state index in [4.69, 9.17) is 9.47 Å². The van der Waals surface area contributed by atoms with Crippen molar-refractivity contribution >= 4 is 11.7 Å². The fourth-order valence-electron chi connectivity index (χ4n) is 3.96. The molecule has 0 bridgehead atoms. The van der Waals surface area contributed by atoms with Crippen molar-refractivity contribution in [1.82, 2.24) is 0 Å². The average Bonchev–Trinajstić information content (AvgIpc) is 2.84. The third-order valence-corrected chi connectivity index (χ3v) is 6.18. The molecule has 1 aliphatic heterocycles. The second-order valence-electron chi connectivity index (χ2n) is 9.21. The first-order valence-corrected chi connectivity index (χ1v) is 13.2. The van der Waals surface area contributed by atoms with Crippen LogP contribution in [0.15, 0.2) is 47.9 Å². The Morgan fingerprint density at radius 3 is 2.03 bits per heavy atom. The number of unbranched alkanes of at least 4 members (excludes halogenated alkanes) is 12. The zero-order valence-electron chi connectivity index (χ0n) is 21.0. The summed E-state index contributed by atoms with van der Waals surface area (Å²) in [7, 11) is 0. The molecule has 0 saturated heterocycles. The van der Waals surface area contributed by atoms with E-state index in [-0.39, 0.29) is 5.97 Å². The molecule has 4 heteroatoms. The van der Waals surface area contributed by atoms with E-state index in [1.807, 2.05) is 37.4 Å². The van der Waals surface area contributed by atoms with Gasteiger partial charge in [-0.05, 0) is 55.7 Å². The van der Waals surface area contributed by atoms with Crippen molar-refractivity contribution < 1.29 is 14.3 Å². The summed E-state index contributed by atoms with van der Waals surface area (Å²) in [6.07, 6.45) is 22.1. The quantitative estimate of drug-likeness (QED) is 0.189. The normalized spacial score (nSPS) is 14.6. The number of hydrogen-bond acceptors (Lipinski definition) is 4. The number of anilines is 1. The van der Waals surface area contributed by atoms with Crippen molar-refractivity contribution in [2.75, 3.05) is 18.5 Å². The molecular weight excluding hydrogens is 410 g/mol. The van der Waals surface area contributed by atoms with Crippen LogP contribution in [0, 0.1) is 0 Å². The smallest absolute Gasteiger partial charge is 0.338 e. The van der Waals surface area contributed by atoms with Crippen molar-refractivity contribution in [2.24, 2.45) is 0 Å². The van der Waals surface area contributed by atoms with E-state index >= 15 is 0 Å². The summed E-state index contributed by atoms with van der Waals surface area (Å²) < 4.78 is 11.0. The topological polar surface area (TPSA) is 47.6 Å². The predicted molar refractivity (Wildman–Crippen MR) is 138 cm³/mol. The Labute approximate surface area is 201 Å². The first-order chi connectivity index (χ1) is 16.2. The lowest BCUT2D eigenvalue weighted by atomic mass is 10.0. The summed E-state index contributed by atoms with van der Waals surface area (Å²) >= 11 is 0. The van der Waals surface area contributed by atoms with E-state index in [1.165, 1.54) is 76.2 Å². The molecule has 1 N–H and O–H groups in total. The molecular formula is C29H45NO3. The summed E-state index contributed by atoms with van der Waals surface area (Å²) in [5.41, 5.74) is 2.74. The van der Waals surface area contributed by atoms with Crippen LogP contribution in [0.25, 0.3) is 0 Å². The van der Waals surface area contributed by atoms with E-state index < -0.39 is 0 Å². The van der Waals surface area contributed by atoms with Gasteiger partial charge in [0.15, 0.2) is 0 Å². The minimum Gasteiger partial charge on any atom is -0.494 e. The Morgan fingerprint density at radius 2 is 1.48 bits per heavy atom. The fourth-order valence-corrected chi connectivity index (χ4v) is 3.96. The van der Waals surface area contributed by atoms with Crippen LogP contribution in [-0.2, 0) is 9.47 Å². The minimum absolute atomic E-state index is 0.236. The summed E-state index contributed by atoms with van der Waals surface area (Å²) in [4.78, 5) is 12.2. The van der Waals surface area contributed by atoms with Crippen LogP contribution in [0.4, 0.5) is 5.69 Å². The van der Waals surface area contributed by atoms with Gasteiger partial charge in [0.05, 0.1) is 17.9 Å². The van der Waals surface area contributed by atoms with E-state index in [9.17, 15) is 4.79 Å². The monoisotopic (exact) mass is 455 g/mol. The second-order valence-corrected chi connectivity index (χ2v) is 9.21. The highest BCUT2D eigenvalue weighted by molar-refractivity contribution is 5.89. The standard InChI is InChI=1S/C29H45NO3/c1-3-4-5-6-7-8-9-10-11-12-13-14-15-22-32-29(31)27-18-20-28(21-19-27)30-23-26-17-16-25(2)33-24-26/h16,18-21,23,30H,3-15,17,22,24H2,1-2H3. The Bertz CT molecular complexity index is 721. The first kappa shape index (κ1) is 27.0. The van der Waals surface area contributed by atoms with Gasteiger partial charge in [-0.3, -0.25) is 0 Å². The number of ether oxygens (including phenoxy) is 2. The highest BCUT2D eigenvalue weighted by atomic mass is 16.5. The Hall–Kier alpha value is -2.23. The average molecular weight is 456 g/mol. The van der Waals surface area contributed by atoms with Crippen LogP contribution in [0.3, 0.4) is 0 Å². The highest BCUT2D eigenvalue weighted by Gasteiger charge is 2.07. The van der Waals surface area contributed by atoms with Crippen LogP contribution in [0.1, 0.15) is 114 Å². The maximum atomic E-state index is 12.2. The lowest BCUT2D eigenvalue weighted by molar-refractivity contribution is 0.0497. The predicted octanol–water partition coefficient (Wildman–Crippen LogP) is 8.55. The number of carbonyl (C=O) groups excluding carboxylic acids is 1. The van der Waals surface area contributed by atoms with Gasteiger partial charge in [0.1, 0.15) is 6.61 Å². The molecule has 0 atom stereocenters. The molecule has 0 aromatic heterocycles. The molecule has 2 rings (SSSR count). The molecule has 0 unspecified atom stereocenters. The van der Waals surface area contributed by atoms with Gasteiger partial charge in [0.2, 0.25) is 0 Å². The summed E-state index contributed by atoms with van der Waals surface area (Å²) in [6, 6.07) is 7.44. The van der Waals surface area contributed by atoms with Crippen molar-refractivity contribution in [3.63, 3.8) is 0 Å². The Morgan fingerprint density at radius 1 is 0.909 bits per heavy atom. The van der Waals surface area contributed by atoms with Gasteiger partial charge in [-0.15, -0.1) is 0 Å². The van der Waals surface area contributed by atoms with Gasteiger partial charge in [0, 0.05) is 11.9 Å². The summed E-state index contributed by atoms with van der Waals surface area (Å²) in [6.45, 7) is 5.38. The largest absolute Gasteiger partial charge is 0.494 e. The zero-order valence-corrected chi connectivity index (χ0v) is 21.0. The zero-order chi connectivity index (χ0) is 23.6. The van der Waals surface area contributed by atoms with E-state index in [0.29, 0.717) is 18.8 Å². The van der Waals surface area contributed by atoms with Crippen LogP contribution >= 0.6 is 0 Å². The molecule has 0 aliphatic carbocycles. The van der Waals surface area contributed by atoms with Gasteiger partial charge < -0.3 is 14.8 Å². The molecule has 184 valence electrons. The first-order valence-electron chi connectivity index (χ1n) is 13.2. The summed E-state index contributed by atoms with van der Waals surface area (Å²) in [5, 5.41) is 3.27. The second kappa shape index (κ2) is 17.3. The molecule has 0 fully saturated rings. The maximum Gasteiger partial charge on any atom is 0.338 e. The lowest BCUT2D eigenvalue weighted by Gasteiger charge is -2.15. The van der Waals surface area contributed by atoms with Gasteiger partial charge in [-0.25, -0.2) is 4.79 Å². The number of nitrogens with one attached hydrogen (secondary N) is 1. The molecule has 4 nitrogen and oxygen atoms in total. The molecule has 1 heterocycles. The molecule has 0 amide bonds. The Balaban J connectivity index is 1.47. The van der Waals surface area contributed by atoms with Crippen LogP contribution < -0.4 is 5.32 Å². The number of carbonyl (C=O) groups is 1. The number of esters is 1.